The Morgan fingerprint density at radius 1 is 1.62 bits per heavy atom. The molecule has 0 aromatic carbocycles. The molecule has 0 aliphatic carbocycles. The van der Waals surface area contributed by atoms with Gasteiger partial charge in [0.25, 0.3) is 0 Å². The van der Waals surface area contributed by atoms with Crippen LogP contribution in [0.3, 0.4) is 0 Å². The first-order chi connectivity index (χ1) is 3.80. The lowest BCUT2D eigenvalue weighted by Gasteiger charge is -1.92. The average molecular weight is 127 g/mol. The standard InChI is InChI=1S/C5H7N2S/c1-4(2)5-3-8-7-6-5/h4H,1-2H3. The summed E-state index contributed by atoms with van der Waals surface area (Å²) in [6, 6.07) is 0. The number of nitrogens with zero attached hydrogens (tertiary/aromatic N) is 2. The van der Waals surface area contributed by atoms with E-state index in [1.165, 1.54) is 11.5 Å². The number of rotatable bonds is 1. The van der Waals surface area contributed by atoms with Gasteiger partial charge in [-0.15, -0.1) is 5.10 Å². The molecule has 1 rings (SSSR count). The van der Waals surface area contributed by atoms with Gasteiger partial charge in [0.15, 0.2) is 0 Å². The van der Waals surface area contributed by atoms with E-state index in [0.29, 0.717) is 5.92 Å². The Labute approximate surface area is 52.7 Å². The van der Waals surface area contributed by atoms with Gasteiger partial charge >= 0.3 is 0 Å². The van der Waals surface area contributed by atoms with Crippen molar-refractivity contribution in [3.63, 3.8) is 0 Å². The molecule has 0 amide bonds. The summed E-state index contributed by atoms with van der Waals surface area (Å²) >= 11 is 1.28. The molecular formula is C5H7N2S. The van der Waals surface area contributed by atoms with Crippen molar-refractivity contribution in [1.82, 2.24) is 9.59 Å². The van der Waals surface area contributed by atoms with Gasteiger partial charge in [-0.05, 0) is 17.5 Å². The molecule has 1 radical (unpaired) electrons. The number of hydrogen-bond donors (Lipinski definition) is 0. The molecule has 0 spiro atoms. The predicted molar refractivity (Wildman–Crippen MR) is 32.8 cm³/mol. The molecule has 0 atom stereocenters. The zero-order chi connectivity index (χ0) is 5.98. The Morgan fingerprint density at radius 3 is 2.62 bits per heavy atom. The zero-order valence-corrected chi connectivity index (χ0v) is 5.70. The van der Waals surface area contributed by atoms with Crippen LogP contribution >= 0.6 is 11.5 Å². The summed E-state index contributed by atoms with van der Waals surface area (Å²) in [5.41, 5.74) is 0.968. The second-order valence-corrected chi connectivity index (χ2v) is 2.46. The van der Waals surface area contributed by atoms with Gasteiger partial charge in [0.05, 0.1) is 11.1 Å². The van der Waals surface area contributed by atoms with E-state index in [9.17, 15) is 0 Å². The predicted octanol–water partition coefficient (Wildman–Crippen LogP) is 1.46. The van der Waals surface area contributed by atoms with Crippen molar-refractivity contribution in [1.29, 1.82) is 0 Å². The van der Waals surface area contributed by atoms with E-state index in [1.807, 2.05) is 0 Å². The highest BCUT2D eigenvalue weighted by atomic mass is 32.1. The maximum atomic E-state index is 3.83. The van der Waals surface area contributed by atoms with Crippen molar-refractivity contribution in [2.24, 2.45) is 0 Å². The van der Waals surface area contributed by atoms with Gasteiger partial charge in [-0.25, -0.2) is 0 Å². The summed E-state index contributed by atoms with van der Waals surface area (Å²) in [6.07, 6.45) is 0. The quantitative estimate of drug-likeness (QED) is 0.570. The lowest BCUT2D eigenvalue weighted by Crippen LogP contribution is -1.85. The van der Waals surface area contributed by atoms with Crippen molar-refractivity contribution >= 4 is 11.5 Å². The average Bonchev–Trinajstić information content (AvgIpc) is 2.12. The third-order valence-corrected chi connectivity index (χ3v) is 1.35. The minimum absolute atomic E-state index is 0.466. The zero-order valence-electron chi connectivity index (χ0n) is 4.88. The van der Waals surface area contributed by atoms with Gasteiger partial charge in [-0.3, -0.25) is 0 Å². The van der Waals surface area contributed by atoms with E-state index >= 15 is 0 Å². The molecule has 2 nitrogen and oxygen atoms in total. The molecule has 0 fully saturated rings. The van der Waals surface area contributed by atoms with Crippen LogP contribution in [0.1, 0.15) is 25.5 Å². The molecule has 1 heterocycles. The fourth-order valence-corrected chi connectivity index (χ4v) is 0.925. The fourth-order valence-electron chi connectivity index (χ4n) is 0.385. The van der Waals surface area contributed by atoms with Crippen LogP contribution < -0.4 is 0 Å². The first-order valence-corrected chi connectivity index (χ1v) is 3.28. The first-order valence-electron chi connectivity index (χ1n) is 2.50. The van der Waals surface area contributed by atoms with E-state index in [1.54, 1.807) is 0 Å². The van der Waals surface area contributed by atoms with Crippen molar-refractivity contribution in [3.05, 3.63) is 11.1 Å². The van der Waals surface area contributed by atoms with Crippen LogP contribution in [0, 0.1) is 5.38 Å². The van der Waals surface area contributed by atoms with Gasteiger partial charge in [-0.2, -0.15) is 0 Å². The van der Waals surface area contributed by atoms with Crippen LogP contribution in [0.5, 0.6) is 0 Å². The van der Waals surface area contributed by atoms with Crippen LogP contribution in [0.4, 0.5) is 0 Å². The normalized spacial score (nSPS) is 10.4. The Hall–Kier alpha value is -0.440. The van der Waals surface area contributed by atoms with Gasteiger partial charge in [0.2, 0.25) is 0 Å². The molecule has 0 bridgehead atoms. The first kappa shape index (κ1) is 5.69. The largest absolute Gasteiger partial charge is 0.142 e. The smallest absolute Gasteiger partial charge is 0.0924 e. The van der Waals surface area contributed by atoms with Gasteiger partial charge in [-0.1, -0.05) is 18.3 Å². The summed E-state index contributed by atoms with van der Waals surface area (Å²) < 4.78 is 3.68. The van der Waals surface area contributed by atoms with Crippen LogP contribution in [0.25, 0.3) is 0 Å². The molecule has 1 aromatic heterocycles. The van der Waals surface area contributed by atoms with Gasteiger partial charge < -0.3 is 0 Å². The van der Waals surface area contributed by atoms with Crippen molar-refractivity contribution in [2.45, 2.75) is 19.8 Å². The third-order valence-electron chi connectivity index (χ3n) is 0.886. The summed E-state index contributed by atoms with van der Waals surface area (Å²) in [6.45, 7) is 4.15. The molecule has 43 valence electrons. The van der Waals surface area contributed by atoms with Crippen molar-refractivity contribution < 1.29 is 0 Å². The molecule has 0 aliphatic heterocycles. The van der Waals surface area contributed by atoms with Crippen LogP contribution in [0.15, 0.2) is 0 Å². The summed E-state index contributed by atoms with van der Waals surface area (Å²) in [5.74, 6) is 0.466. The van der Waals surface area contributed by atoms with E-state index in [-0.39, 0.29) is 0 Å². The molecule has 3 heteroatoms. The monoisotopic (exact) mass is 127 g/mol. The topological polar surface area (TPSA) is 25.8 Å². The number of aromatic nitrogens is 2. The van der Waals surface area contributed by atoms with Crippen LogP contribution in [0.2, 0.25) is 0 Å². The van der Waals surface area contributed by atoms with Crippen molar-refractivity contribution in [3.8, 4) is 0 Å². The Kier molecular flexibility index (Phi) is 1.58. The second-order valence-electron chi connectivity index (χ2n) is 1.91. The van der Waals surface area contributed by atoms with E-state index < -0.39 is 0 Å². The highest BCUT2D eigenvalue weighted by Crippen LogP contribution is 2.09. The number of hydrogen-bond acceptors (Lipinski definition) is 3. The SMILES string of the molecule is CC(C)c1[c]snn1. The molecule has 0 unspecified atom stereocenters. The van der Waals surface area contributed by atoms with Gasteiger partial charge in [0, 0.05) is 0 Å². The maximum Gasteiger partial charge on any atom is 0.0924 e. The van der Waals surface area contributed by atoms with E-state index in [4.69, 9.17) is 0 Å². The maximum absolute atomic E-state index is 3.83. The molecule has 0 N–H and O–H groups in total. The molecule has 8 heavy (non-hydrogen) atoms. The highest BCUT2D eigenvalue weighted by Gasteiger charge is 1.99. The van der Waals surface area contributed by atoms with E-state index in [0.717, 1.165) is 5.69 Å². The lowest BCUT2D eigenvalue weighted by atomic mass is 10.2. The highest BCUT2D eigenvalue weighted by molar-refractivity contribution is 7.02. The molecule has 0 saturated carbocycles. The lowest BCUT2D eigenvalue weighted by molar-refractivity contribution is 0.811. The minimum atomic E-state index is 0.466. The molecule has 1 aromatic rings. The third kappa shape index (κ3) is 1.04. The Morgan fingerprint density at radius 2 is 2.38 bits per heavy atom. The minimum Gasteiger partial charge on any atom is -0.142 e. The van der Waals surface area contributed by atoms with Gasteiger partial charge in [0.1, 0.15) is 0 Å². The van der Waals surface area contributed by atoms with Crippen LogP contribution in [-0.2, 0) is 0 Å². The second kappa shape index (κ2) is 2.22. The van der Waals surface area contributed by atoms with Crippen molar-refractivity contribution in [2.75, 3.05) is 0 Å². The van der Waals surface area contributed by atoms with E-state index in [2.05, 4.69) is 28.8 Å². The molecular weight excluding hydrogens is 120 g/mol. The summed E-state index contributed by atoms with van der Waals surface area (Å²) in [7, 11) is 0. The molecule has 0 saturated heterocycles. The summed E-state index contributed by atoms with van der Waals surface area (Å²) in [5, 5.41) is 6.78. The Bertz CT molecular complexity index is 145. The molecule has 0 aliphatic rings. The van der Waals surface area contributed by atoms with Crippen LogP contribution in [-0.4, -0.2) is 9.59 Å². The summed E-state index contributed by atoms with van der Waals surface area (Å²) in [4.78, 5) is 0. The Balaban J connectivity index is 2.77. The fraction of sp³-hybridized carbons (Fsp3) is 0.600.